The van der Waals surface area contributed by atoms with Crippen LogP contribution in [0.4, 0.5) is 20.3 Å². The molecule has 260 valence electrons. The molecule has 4 atom stereocenters. The molecular formula is C38H43N6O5S+. The number of anilines is 1. The molecule has 5 amide bonds. The number of imide groups is 1. The lowest BCUT2D eigenvalue weighted by molar-refractivity contribution is -0.00462. The van der Waals surface area contributed by atoms with Crippen LogP contribution in [0.1, 0.15) is 85.7 Å². The predicted octanol–water partition coefficient (Wildman–Crippen LogP) is 7.98. The van der Waals surface area contributed by atoms with Crippen molar-refractivity contribution in [2.75, 3.05) is 5.32 Å². The number of rotatable bonds is 7. The van der Waals surface area contributed by atoms with E-state index in [1.165, 1.54) is 11.3 Å². The summed E-state index contributed by atoms with van der Waals surface area (Å²) in [7, 11) is 0. The number of carbonyl (C=O) groups excluding carboxylic acids is 4. The Hall–Kier alpha value is -5.07. The van der Waals surface area contributed by atoms with Crippen LogP contribution in [-0.2, 0) is 10.3 Å². The minimum Gasteiger partial charge on any atom is -0.414 e. The van der Waals surface area contributed by atoms with Gasteiger partial charge in [-0.3, -0.25) is 14.9 Å². The van der Waals surface area contributed by atoms with E-state index in [9.17, 15) is 19.2 Å². The minimum atomic E-state index is -1.14. The van der Waals surface area contributed by atoms with E-state index in [1.807, 2.05) is 44.2 Å². The third-order valence-electron chi connectivity index (χ3n) is 9.64. The zero-order chi connectivity index (χ0) is 35.6. The van der Waals surface area contributed by atoms with Gasteiger partial charge in [0, 0.05) is 17.0 Å². The number of quaternary nitrogens is 1. The van der Waals surface area contributed by atoms with Crippen molar-refractivity contribution in [2.45, 2.75) is 65.5 Å². The van der Waals surface area contributed by atoms with E-state index in [1.54, 1.807) is 54.2 Å². The van der Waals surface area contributed by atoms with Crippen LogP contribution in [0.15, 0.2) is 89.6 Å². The lowest BCUT2D eigenvalue weighted by atomic mass is 9.75. The van der Waals surface area contributed by atoms with Crippen molar-refractivity contribution in [3.8, 4) is 0 Å². The summed E-state index contributed by atoms with van der Waals surface area (Å²) in [5.41, 5.74) is 1.24. The number of nitrogens with zero attached hydrogens (tertiary/aromatic N) is 2. The standard InChI is InChI=1S/C38H42N6O5S/c1-23(2)27-16-15-24(3)21-31(27)49-37(48)44(36(47)42-38(4,5)26-11-7-6-8-12-26)35-29(18-20-50-35)32(43-44)41-34(46)28-13-9-10-14-30(28)40-33(45)25-17-19-39-22-25/h6-14,17-20,22-24,27,31H,15-16,21H2,1-5H3,(H3-,39,40,41,42,43,45,46,47)/p+1/t24-,27+,31?,44-/m1/s1. The summed E-state index contributed by atoms with van der Waals surface area (Å²) in [6, 6.07) is 18.7. The quantitative estimate of drug-likeness (QED) is 0.145. The number of aromatic amines is 1. The van der Waals surface area contributed by atoms with Crippen LogP contribution < -0.4 is 20.5 Å². The maximum Gasteiger partial charge on any atom is 0.559 e. The summed E-state index contributed by atoms with van der Waals surface area (Å²) in [6.45, 7) is 10.1. The number of para-hydroxylation sites is 1. The van der Waals surface area contributed by atoms with Gasteiger partial charge in [0.05, 0.1) is 27.9 Å². The Bertz CT molecular complexity index is 1920. The lowest BCUT2D eigenvalue weighted by Gasteiger charge is -2.37. The average Bonchev–Trinajstić information content (AvgIpc) is 3.85. The van der Waals surface area contributed by atoms with Crippen molar-refractivity contribution in [3.05, 3.63) is 107 Å². The smallest absolute Gasteiger partial charge is 0.414 e. The van der Waals surface area contributed by atoms with Crippen molar-refractivity contribution in [1.29, 1.82) is 0 Å². The Kier molecular flexibility index (Phi) is 9.77. The topological polar surface area (TPSA) is 142 Å². The number of urea groups is 1. The number of fused-ring (bicyclic) bond motifs is 1. The van der Waals surface area contributed by atoms with Crippen molar-refractivity contribution < 1.29 is 23.9 Å². The molecule has 12 heteroatoms. The van der Waals surface area contributed by atoms with Crippen molar-refractivity contribution >= 4 is 51.8 Å². The van der Waals surface area contributed by atoms with E-state index in [0.29, 0.717) is 28.5 Å². The van der Waals surface area contributed by atoms with E-state index < -0.39 is 40.2 Å². The molecular weight excluding hydrogens is 653 g/mol. The summed E-state index contributed by atoms with van der Waals surface area (Å²) in [4.78, 5) is 58.9. The first-order valence-corrected chi connectivity index (χ1v) is 17.8. The molecule has 1 aliphatic heterocycles. The van der Waals surface area contributed by atoms with Crippen molar-refractivity contribution in [2.24, 2.45) is 22.9 Å². The van der Waals surface area contributed by atoms with Gasteiger partial charge in [-0.1, -0.05) is 81.0 Å². The zero-order valence-electron chi connectivity index (χ0n) is 28.9. The Labute approximate surface area is 295 Å². The second-order valence-electron chi connectivity index (χ2n) is 13.9. The highest BCUT2D eigenvalue weighted by Gasteiger charge is 2.60. The lowest BCUT2D eigenvalue weighted by Crippen LogP contribution is -2.62. The van der Waals surface area contributed by atoms with Gasteiger partial charge in [0.1, 0.15) is 6.10 Å². The fraction of sp³-hybridized carbons (Fsp3) is 0.342. The summed E-state index contributed by atoms with van der Waals surface area (Å²) in [5.74, 6) is -0.172. The van der Waals surface area contributed by atoms with Gasteiger partial charge in [-0.05, 0) is 84.8 Å². The van der Waals surface area contributed by atoms with Gasteiger partial charge in [-0.25, -0.2) is 4.79 Å². The van der Waals surface area contributed by atoms with Crippen LogP contribution in [0.25, 0.3) is 0 Å². The van der Waals surface area contributed by atoms with Gasteiger partial charge >= 0.3 is 12.1 Å². The predicted molar refractivity (Wildman–Crippen MR) is 195 cm³/mol. The SMILES string of the molecule is CC(C)[C@@H]1CC[C@@H](C)CC1OC(=O)[N@@+]1(C(=O)NC(C)(C)c2ccccc2)N=C(NC(=O)c2ccccc2NC(=O)c2cc[nH]c2)c2ccsc21. The van der Waals surface area contributed by atoms with Gasteiger partial charge in [-0.15, -0.1) is 0 Å². The molecule has 2 aromatic heterocycles. The molecule has 0 spiro atoms. The molecule has 4 N–H and O–H groups in total. The number of carbonyl (C=O) groups is 4. The molecule has 1 fully saturated rings. The number of ether oxygens (including phenoxy) is 1. The minimum absolute atomic E-state index is 0.0417. The van der Waals surface area contributed by atoms with Gasteiger partial charge in [-0.2, -0.15) is 4.79 Å². The summed E-state index contributed by atoms with van der Waals surface area (Å²) in [6.07, 6.45) is 4.60. The second-order valence-corrected chi connectivity index (χ2v) is 14.8. The molecule has 1 saturated carbocycles. The number of hydrogen-bond acceptors (Lipinski definition) is 7. The number of benzene rings is 2. The van der Waals surface area contributed by atoms with Crippen LogP contribution in [0.3, 0.4) is 0 Å². The molecule has 1 aliphatic carbocycles. The van der Waals surface area contributed by atoms with E-state index in [0.717, 1.165) is 18.4 Å². The van der Waals surface area contributed by atoms with Crippen LogP contribution >= 0.6 is 11.3 Å². The highest BCUT2D eigenvalue weighted by atomic mass is 32.1. The molecule has 4 aromatic rings. The fourth-order valence-electron chi connectivity index (χ4n) is 6.77. The van der Waals surface area contributed by atoms with Crippen molar-refractivity contribution in [1.82, 2.24) is 20.2 Å². The third kappa shape index (κ3) is 6.73. The van der Waals surface area contributed by atoms with Crippen LogP contribution in [-0.4, -0.2) is 40.9 Å². The molecule has 0 radical (unpaired) electrons. The zero-order valence-corrected chi connectivity index (χ0v) is 29.7. The molecule has 2 aromatic carbocycles. The average molecular weight is 696 g/mol. The van der Waals surface area contributed by atoms with Gasteiger partial charge in [0.2, 0.25) is 10.8 Å². The Morgan fingerprint density at radius 3 is 2.42 bits per heavy atom. The monoisotopic (exact) mass is 695 g/mol. The largest absolute Gasteiger partial charge is 0.559 e. The Balaban J connectivity index is 1.37. The van der Waals surface area contributed by atoms with E-state index in [4.69, 9.17) is 9.84 Å². The van der Waals surface area contributed by atoms with E-state index in [2.05, 4.69) is 41.7 Å². The molecule has 2 aliphatic rings. The number of H-pyrrole nitrogens is 1. The number of aromatic nitrogens is 1. The van der Waals surface area contributed by atoms with E-state index in [-0.39, 0.29) is 28.9 Å². The van der Waals surface area contributed by atoms with Crippen LogP contribution in [0.5, 0.6) is 0 Å². The molecule has 0 bridgehead atoms. The number of thiophene rings is 1. The first-order chi connectivity index (χ1) is 23.9. The van der Waals surface area contributed by atoms with E-state index >= 15 is 0 Å². The second kappa shape index (κ2) is 14.0. The maximum atomic E-state index is 14.7. The molecule has 50 heavy (non-hydrogen) atoms. The summed E-state index contributed by atoms with van der Waals surface area (Å²) in [5, 5.41) is 15.5. The molecule has 11 nitrogen and oxygen atoms in total. The highest BCUT2D eigenvalue weighted by molar-refractivity contribution is 7.14. The van der Waals surface area contributed by atoms with Crippen LogP contribution in [0, 0.1) is 17.8 Å². The number of amidine groups is 1. The third-order valence-corrected chi connectivity index (χ3v) is 10.6. The summed E-state index contributed by atoms with van der Waals surface area (Å²) >= 11 is 1.19. The normalized spacial score (nSPS) is 21.6. The van der Waals surface area contributed by atoms with Gasteiger partial charge in [0.15, 0.2) is 0 Å². The highest BCUT2D eigenvalue weighted by Crippen LogP contribution is 2.43. The molecule has 3 heterocycles. The number of nitrogens with one attached hydrogen (secondary N) is 4. The van der Waals surface area contributed by atoms with Crippen LogP contribution in [0.2, 0.25) is 0 Å². The molecule has 1 unspecified atom stereocenters. The number of hydrogen-bond donors (Lipinski definition) is 4. The fourth-order valence-corrected chi connectivity index (χ4v) is 7.75. The Morgan fingerprint density at radius 2 is 1.70 bits per heavy atom. The Morgan fingerprint density at radius 1 is 0.960 bits per heavy atom. The van der Waals surface area contributed by atoms with Gasteiger partial charge < -0.3 is 20.4 Å². The molecule has 0 saturated heterocycles. The first kappa shape index (κ1) is 34.8. The van der Waals surface area contributed by atoms with Gasteiger partial charge in [0.25, 0.3) is 11.8 Å². The number of amides is 5. The molecule has 6 rings (SSSR count). The van der Waals surface area contributed by atoms with Crippen molar-refractivity contribution in [3.63, 3.8) is 0 Å². The maximum absolute atomic E-state index is 14.7. The summed E-state index contributed by atoms with van der Waals surface area (Å²) < 4.78 is 5.20. The first-order valence-electron chi connectivity index (χ1n) is 16.9.